The van der Waals surface area contributed by atoms with E-state index in [1.165, 1.54) is 0 Å². The van der Waals surface area contributed by atoms with Gasteiger partial charge in [0, 0.05) is 39.0 Å². The van der Waals surface area contributed by atoms with Crippen LogP contribution < -0.4 is 0 Å². The Bertz CT molecular complexity index is 309. The predicted molar refractivity (Wildman–Crippen MR) is 70.0 cm³/mol. The first-order chi connectivity index (χ1) is 8.70. The van der Waals surface area contributed by atoms with Crippen LogP contribution in [0.25, 0.3) is 0 Å². The number of likely N-dealkylation sites (tertiary alicyclic amines) is 2. The highest BCUT2D eigenvalue weighted by molar-refractivity contribution is 5.77. The van der Waals surface area contributed by atoms with Gasteiger partial charge in [-0.25, -0.2) is 0 Å². The number of piperidine rings is 2. The molecule has 0 unspecified atom stereocenters. The summed E-state index contributed by atoms with van der Waals surface area (Å²) < 4.78 is 0. The molecule has 0 N–H and O–H groups in total. The first kappa shape index (κ1) is 13.4. The molecule has 18 heavy (non-hydrogen) atoms. The van der Waals surface area contributed by atoms with Crippen LogP contribution in [-0.4, -0.2) is 47.8 Å². The summed E-state index contributed by atoms with van der Waals surface area (Å²) in [5, 5.41) is 0. The van der Waals surface area contributed by atoms with Crippen molar-refractivity contribution in [3.8, 4) is 0 Å². The Morgan fingerprint density at radius 2 is 1.94 bits per heavy atom. The Labute approximate surface area is 109 Å². The summed E-state index contributed by atoms with van der Waals surface area (Å²) in [6.45, 7) is 5.51. The van der Waals surface area contributed by atoms with E-state index in [-0.39, 0.29) is 5.91 Å². The Morgan fingerprint density at radius 1 is 1.22 bits per heavy atom. The smallest absolute Gasteiger partial charge is 0.222 e. The van der Waals surface area contributed by atoms with Crippen LogP contribution in [0.15, 0.2) is 0 Å². The molecule has 2 fully saturated rings. The van der Waals surface area contributed by atoms with Crippen molar-refractivity contribution >= 4 is 11.8 Å². The van der Waals surface area contributed by atoms with Crippen LogP contribution in [0.1, 0.15) is 45.4 Å². The standard InChI is InChI=1S/C14H24N2O2/c1-2-13(17)15-9-6-12(7-10-15)11-16-8-4-3-5-14(16)18/h12H,2-11H2,1H3. The van der Waals surface area contributed by atoms with Gasteiger partial charge in [0.2, 0.25) is 11.8 Å². The van der Waals surface area contributed by atoms with Gasteiger partial charge in [0.1, 0.15) is 0 Å². The van der Waals surface area contributed by atoms with E-state index in [0.717, 1.165) is 58.3 Å². The number of hydrogen-bond donors (Lipinski definition) is 0. The van der Waals surface area contributed by atoms with Crippen molar-refractivity contribution in [1.29, 1.82) is 0 Å². The topological polar surface area (TPSA) is 40.6 Å². The van der Waals surface area contributed by atoms with Gasteiger partial charge in [-0.3, -0.25) is 9.59 Å². The molecular weight excluding hydrogens is 228 g/mol. The lowest BCUT2D eigenvalue weighted by Gasteiger charge is -2.36. The largest absolute Gasteiger partial charge is 0.343 e. The molecule has 2 saturated heterocycles. The lowest BCUT2D eigenvalue weighted by molar-refractivity contribution is -0.136. The predicted octanol–water partition coefficient (Wildman–Crippen LogP) is 1.65. The average molecular weight is 252 g/mol. The third-order valence-corrected chi connectivity index (χ3v) is 4.17. The lowest BCUT2D eigenvalue weighted by Crippen LogP contribution is -2.44. The summed E-state index contributed by atoms with van der Waals surface area (Å²) in [5.41, 5.74) is 0. The normalized spacial score (nSPS) is 22.4. The second-order valence-corrected chi connectivity index (χ2v) is 5.47. The van der Waals surface area contributed by atoms with Gasteiger partial charge in [-0.15, -0.1) is 0 Å². The van der Waals surface area contributed by atoms with Crippen LogP contribution in [0.3, 0.4) is 0 Å². The maximum atomic E-state index is 11.7. The first-order valence-corrected chi connectivity index (χ1v) is 7.26. The third-order valence-electron chi connectivity index (χ3n) is 4.17. The highest BCUT2D eigenvalue weighted by Gasteiger charge is 2.26. The Kier molecular flexibility index (Phi) is 4.61. The molecule has 2 aliphatic rings. The molecule has 2 aliphatic heterocycles. The van der Waals surface area contributed by atoms with Gasteiger partial charge in [-0.2, -0.15) is 0 Å². The Hall–Kier alpha value is -1.06. The van der Waals surface area contributed by atoms with Gasteiger partial charge >= 0.3 is 0 Å². The molecule has 102 valence electrons. The highest BCUT2D eigenvalue weighted by Crippen LogP contribution is 2.21. The van der Waals surface area contributed by atoms with E-state index in [1.54, 1.807) is 0 Å². The van der Waals surface area contributed by atoms with E-state index in [0.29, 0.717) is 18.2 Å². The summed E-state index contributed by atoms with van der Waals surface area (Å²) in [6, 6.07) is 0. The molecule has 0 radical (unpaired) electrons. The van der Waals surface area contributed by atoms with Gasteiger partial charge in [0.25, 0.3) is 0 Å². The zero-order valence-electron chi connectivity index (χ0n) is 11.4. The maximum absolute atomic E-state index is 11.7. The van der Waals surface area contributed by atoms with Crippen molar-refractivity contribution in [1.82, 2.24) is 9.80 Å². The number of hydrogen-bond acceptors (Lipinski definition) is 2. The SMILES string of the molecule is CCC(=O)N1CCC(CN2CCCCC2=O)CC1. The van der Waals surface area contributed by atoms with Gasteiger partial charge in [0.15, 0.2) is 0 Å². The molecule has 0 saturated carbocycles. The number of carbonyl (C=O) groups excluding carboxylic acids is 2. The fraction of sp³-hybridized carbons (Fsp3) is 0.857. The summed E-state index contributed by atoms with van der Waals surface area (Å²) >= 11 is 0. The van der Waals surface area contributed by atoms with Crippen molar-refractivity contribution in [2.75, 3.05) is 26.2 Å². The molecular formula is C14H24N2O2. The Balaban J connectivity index is 1.76. The number of carbonyl (C=O) groups is 2. The molecule has 2 rings (SSSR count). The average Bonchev–Trinajstić information content (AvgIpc) is 2.41. The molecule has 4 nitrogen and oxygen atoms in total. The van der Waals surface area contributed by atoms with E-state index in [2.05, 4.69) is 0 Å². The minimum atomic E-state index is 0.266. The molecule has 0 aromatic rings. The molecule has 0 spiro atoms. The zero-order valence-corrected chi connectivity index (χ0v) is 11.4. The van der Waals surface area contributed by atoms with Gasteiger partial charge in [-0.1, -0.05) is 6.92 Å². The molecule has 2 heterocycles. The summed E-state index contributed by atoms with van der Waals surface area (Å²) in [5.74, 6) is 1.18. The van der Waals surface area contributed by atoms with Crippen LogP contribution in [0.4, 0.5) is 0 Å². The molecule has 0 atom stereocenters. The first-order valence-electron chi connectivity index (χ1n) is 7.26. The van der Waals surface area contributed by atoms with Crippen LogP contribution >= 0.6 is 0 Å². The number of rotatable bonds is 3. The van der Waals surface area contributed by atoms with E-state index in [1.807, 2.05) is 16.7 Å². The quantitative estimate of drug-likeness (QED) is 0.766. The molecule has 0 aromatic carbocycles. The monoisotopic (exact) mass is 252 g/mol. The van der Waals surface area contributed by atoms with Crippen molar-refractivity contribution in [2.45, 2.75) is 45.4 Å². The van der Waals surface area contributed by atoms with Gasteiger partial charge < -0.3 is 9.80 Å². The van der Waals surface area contributed by atoms with Gasteiger partial charge in [-0.05, 0) is 31.6 Å². The number of nitrogens with zero attached hydrogens (tertiary/aromatic N) is 2. The van der Waals surface area contributed by atoms with E-state index in [9.17, 15) is 9.59 Å². The van der Waals surface area contributed by atoms with E-state index < -0.39 is 0 Å². The van der Waals surface area contributed by atoms with Crippen molar-refractivity contribution < 1.29 is 9.59 Å². The Morgan fingerprint density at radius 3 is 2.56 bits per heavy atom. The van der Waals surface area contributed by atoms with Crippen molar-refractivity contribution in [2.24, 2.45) is 5.92 Å². The lowest BCUT2D eigenvalue weighted by atomic mass is 9.95. The van der Waals surface area contributed by atoms with Crippen LogP contribution in [0.2, 0.25) is 0 Å². The second-order valence-electron chi connectivity index (χ2n) is 5.47. The molecule has 0 aromatic heterocycles. The summed E-state index contributed by atoms with van der Waals surface area (Å²) in [6.07, 6.45) is 5.64. The maximum Gasteiger partial charge on any atom is 0.222 e. The number of amides is 2. The highest BCUT2D eigenvalue weighted by atomic mass is 16.2. The van der Waals surface area contributed by atoms with Crippen molar-refractivity contribution in [3.05, 3.63) is 0 Å². The second kappa shape index (κ2) is 6.21. The van der Waals surface area contributed by atoms with Crippen LogP contribution in [0, 0.1) is 5.92 Å². The van der Waals surface area contributed by atoms with Crippen molar-refractivity contribution in [3.63, 3.8) is 0 Å². The molecule has 0 aliphatic carbocycles. The minimum Gasteiger partial charge on any atom is -0.343 e. The zero-order chi connectivity index (χ0) is 13.0. The fourth-order valence-electron chi connectivity index (χ4n) is 2.96. The van der Waals surface area contributed by atoms with E-state index >= 15 is 0 Å². The molecule has 2 amide bonds. The van der Waals surface area contributed by atoms with Crippen LogP contribution in [-0.2, 0) is 9.59 Å². The summed E-state index contributed by atoms with van der Waals surface area (Å²) in [4.78, 5) is 27.3. The molecule has 4 heteroatoms. The van der Waals surface area contributed by atoms with Gasteiger partial charge in [0.05, 0.1) is 0 Å². The molecule has 0 bridgehead atoms. The van der Waals surface area contributed by atoms with Crippen LogP contribution in [0.5, 0.6) is 0 Å². The summed E-state index contributed by atoms with van der Waals surface area (Å²) in [7, 11) is 0. The minimum absolute atomic E-state index is 0.266. The third kappa shape index (κ3) is 3.24. The van der Waals surface area contributed by atoms with E-state index in [4.69, 9.17) is 0 Å². The fourth-order valence-corrected chi connectivity index (χ4v) is 2.96.